The van der Waals surface area contributed by atoms with E-state index in [-0.39, 0.29) is 11.6 Å². The number of piperidine rings is 1. The molecule has 5 nitrogen and oxygen atoms in total. The molecule has 0 amide bonds. The van der Waals surface area contributed by atoms with E-state index in [2.05, 4.69) is 11.0 Å². The number of hydrogen-bond acceptors (Lipinski definition) is 4. The summed E-state index contributed by atoms with van der Waals surface area (Å²) in [4.78, 5) is 12.7. The van der Waals surface area contributed by atoms with Crippen molar-refractivity contribution >= 4 is 17.3 Å². The number of rotatable bonds is 3. The Kier molecular flexibility index (Phi) is 4.35. The van der Waals surface area contributed by atoms with E-state index in [1.54, 1.807) is 6.07 Å². The van der Waals surface area contributed by atoms with E-state index in [4.69, 9.17) is 16.9 Å². The van der Waals surface area contributed by atoms with Gasteiger partial charge in [0, 0.05) is 29.7 Å². The van der Waals surface area contributed by atoms with Crippen molar-refractivity contribution in [2.45, 2.75) is 19.4 Å². The van der Waals surface area contributed by atoms with Gasteiger partial charge in [-0.2, -0.15) is 5.26 Å². The average Bonchev–Trinajstić information content (AvgIpc) is 2.38. The van der Waals surface area contributed by atoms with Crippen LogP contribution in [0.15, 0.2) is 18.2 Å². The summed E-state index contributed by atoms with van der Waals surface area (Å²) in [5.41, 5.74) is 0.694. The largest absolute Gasteiger partial charge is 0.298 e. The number of nitro groups is 1. The molecule has 1 aliphatic heterocycles. The molecule has 0 N–H and O–H groups in total. The van der Waals surface area contributed by atoms with Crippen molar-refractivity contribution in [2.24, 2.45) is 5.92 Å². The molecule has 19 heavy (non-hydrogen) atoms. The van der Waals surface area contributed by atoms with E-state index in [0.717, 1.165) is 19.4 Å². The van der Waals surface area contributed by atoms with Gasteiger partial charge in [0.25, 0.3) is 5.69 Å². The SMILES string of the molecule is N#CC1CCCN(Cc2cc(Cl)ccc2[N+](=O)[O-])C1. The highest BCUT2D eigenvalue weighted by Gasteiger charge is 2.22. The second-order valence-electron chi connectivity index (χ2n) is 4.73. The van der Waals surface area contributed by atoms with Gasteiger partial charge < -0.3 is 0 Å². The normalized spacial score (nSPS) is 19.9. The number of likely N-dealkylation sites (tertiary alicyclic amines) is 1. The molecular weight excluding hydrogens is 266 g/mol. The molecule has 1 heterocycles. The summed E-state index contributed by atoms with van der Waals surface area (Å²) in [6, 6.07) is 6.86. The highest BCUT2D eigenvalue weighted by molar-refractivity contribution is 6.30. The van der Waals surface area contributed by atoms with Gasteiger partial charge in [0.15, 0.2) is 0 Å². The molecule has 0 saturated carbocycles. The van der Waals surface area contributed by atoms with Gasteiger partial charge in [-0.3, -0.25) is 15.0 Å². The maximum absolute atomic E-state index is 11.0. The van der Waals surface area contributed by atoms with E-state index < -0.39 is 4.92 Å². The molecule has 2 rings (SSSR count). The smallest absolute Gasteiger partial charge is 0.273 e. The maximum atomic E-state index is 11.0. The first kappa shape index (κ1) is 13.8. The lowest BCUT2D eigenvalue weighted by atomic mass is 9.99. The van der Waals surface area contributed by atoms with Gasteiger partial charge in [-0.05, 0) is 31.5 Å². The highest BCUT2D eigenvalue weighted by atomic mass is 35.5. The zero-order valence-corrected chi connectivity index (χ0v) is 11.1. The molecule has 100 valence electrons. The Labute approximate surface area is 116 Å². The van der Waals surface area contributed by atoms with Crippen LogP contribution in [0.3, 0.4) is 0 Å². The second-order valence-corrected chi connectivity index (χ2v) is 5.17. The summed E-state index contributed by atoms with van der Waals surface area (Å²) in [5.74, 6) is 0.0204. The van der Waals surface area contributed by atoms with Gasteiger partial charge in [0.1, 0.15) is 0 Å². The lowest BCUT2D eigenvalue weighted by molar-refractivity contribution is -0.385. The monoisotopic (exact) mass is 279 g/mol. The van der Waals surface area contributed by atoms with E-state index >= 15 is 0 Å². The van der Waals surface area contributed by atoms with Gasteiger partial charge >= 0.3 is 0 Å². The van der Waals surface area contributed by atoms with Crippen LogP contribution in [0.4, 0.5) is 5.69 Å². The molecule has 1 fully saturated rings. The van der Waals surface area contributed by atoms with Crippen LogP contribution in [0.2, 0.25) is 5.02 Å². The van der Waals surface area contributed by atoms with Crippen LogP contribution >= 0.6 is 11.6 Å². The molecule has 1 unspecified atom stereocenters. The summed E-state index contributed by atoms with van der Waals surface area (Å²) in [6.07, 6.45) is 1.86. The van der Waals surface area contributed by atoms with Crippen LogP contribution in [0.1, 0.15) is 18.4 Å². The lowest BCUT2D eigenvalue weighted by Gasteiger charge is -2.29. The van der Waals surface area contributed by atoms with Crippen molar-refractivity contribution in [2.75, 3.05) is 13.1 Å². The molecular formula is C13H14ClN3O2. The molecule has 0 radical (unpaired) electrons. The molecule has 1 saturated heterocycles. The third-order valence-electron chi connectivity index (χ3n) is 3.32. The summed E-state index contributed by atoms with van der Waals surface area (Å²) in [5, 5.41) is 20.4. The van der Waals surface area contributed by atoms with Gasteiger partial charge in [-0.1, -0.05) is 11.6 Å². The molecule has 1 aromatic rings. The van der Waals surface area contributed by atoms with Crippen LogP contribution in [-0.4, -0.2) is 22.9 Å². The van der Waals surface area contributed by atoms with Gasteiger partial charge in [0.2, 0.25) is 0 Å². The summed E-state index contributed by atoms with van der Waals surface area (Å²) >= 11 is 5.90. The Morgan fingerprint density at radius 2 is 2.37 bits per heavy atom. The molecule has 1 aromatic carbocycles. The molecule has 0 spiro atoms. The zero-order valence-electron chi connectivity index (χ0n) is 10.4. The zero-order chi connectivity index (χ0) is 13.8. The first-order valence-corrected chi connectivity index (χ1v) is 6.52. The fourth-order valence-electron chi connectivity index (χ4n) is 2.40. The molecule has 6 heteroatoms. The van der Waals surface area contributed by atoms with Crippen LogP contribution in [-0.2, 0) is 6.54 Å². The van der Waals surface area contributed by atoms with Crippen molar-refractivity contribution in [1.29, 1.82) is 5.26 Å². The number of nitro benzene ring substituents is 1. The Hall–Kier alpha value is -1.64. The summed E-state index contributed by atoms with van der Waals surface area (Å²) in [7, 11) is 0. The number of halogens is 1. The van der Waals surface area contributed by atoms with Crippen molar-refractivity contribution in [3.63, 3.8) is 0 Å². The van der Waals surface area contributed by atoms with Crippen molar-refractivity contribution in [3.8, 4) is 6.07 Å². The predicted molar refractivity (Wildman–Crippen MR) is 71.7 cm³/mol. The Morgan fingerprint density at radius 3 is 3.05 bits per heavy atom. The molecule has 0 aromatic heterocycles. The van der Waals surface area contributed by atoms with Crippen LogP contribution in [0.25, 0.3) is 0 Å². The standard InChI is InChI=1S/C13H14ClN3O2/c14-12-3-4-13(17(18)19)11(6-12)9-16-5-1-2-10(7-15)8-16/h3-4,6,10H,1-2,5,8-9H2. The summed E-state index contributed by atoms with van der Waals surface area (Å²) < 4.78 is 0. The van der Waals surface area contributed by atoms with Gasteiger partial charge in [0.05, 0.1) is 16.9 Å². The Morgan fingerprint density at radius 1 is 1.58 bits per heavy atom. The van der Waals surface area contributed by atoms with Crippen molar-refractivity contribution in [1.82, 2.24) is 4.90 Å². The molecule has 1 aliphatic rings. The summed E-state index contributed by atoms with van der Waals surface area (Å²) in [6.45, 7) is 2.00. The van der Waals surface area contributed by atoms with E-state index in [1.165, 1.54) is 12.1 Å². The quantitative estimate of drug-likeness (QED) is 0.630. The van der Waals surface area contributed by atoms with Crippen LogP contribution < -0.4 is 0 Å². The van der Waals surface area contributed by atoms with Gasteiger partial charge in [-0.25, -0.2) is 0 Å². The third kappa shape index (κ3) is 3.43. The van der Waals surface area contributed by atoms with E-state index in [0.29, 0.717) is 23.7 Å². The number of benzene rings is 1. The number of nitriles is 1. The highest BCUT2D eigenvalue weighted by Crippen LogP contribution is 2.26. The number of hydrogen-bond donors (Lipinski definition) is 0. The maximum Gasteiger partial charge on any atom is 0.273 e. The predicted octanol–water partition coefficient (Wildman–Crippen LogP) is 2.98. The first-order chi connectivity index (χ1) is 9.10. The average molecular weight is 280 g/mol. The van der Waals surface area contributed by atoms with Crippen LogP contribution in [0.5, 0.6) is 0 Å². The van der Waals surface area contributed by atoms with Crippen LogP contribution in [0, 0.1) is 27.4 Å². The van der Waals surface area contributed by atoms with Crippen molar-refractivity contribution in [3.05, 3.63) is 38.9 Å². The lowest BCUT2D eigenvalue weighted by Crippen LogP contribution is -2.34. The second kappa shape index (κ2) is 6.00. The fourth-order valence-corrected chi connectivity index (χ4v) is 2.60. The minimum Gasteiger partial charge on any atom is -0.298 e. The van der Waals surface area contributed by atoms with Gasteiger partial charge in [-0.15, -0.1) is 0 Å². The minimum absolute atomic E-state index is 0.0204. The topological polar surface area (TPSA) is 70.2 Å². The fraction of sp³-hybridized carbons (Fsp3) is 0.462. The first-order valence-electron chi connectivity index (χ1n) is 6.15. The van der Waals surface area contributed by atoms with E-state index in [9.17, 15) is 10.1 Å². The molecule has 0 aliphatic carbocycles. The van der Waals surface area contributed by atoms with E-state index in [1.807, 2.05) is 0 Å². The molecule has 0 bridgehead atoms. The molecule has 1 atom stereocenters. The minimum atomic E-state index is -0.391. The Balaban J connectivity index is 2.16. The van der Waals surface area contributed by atoms with Crippen molar-refractivity contribution < 1.29 is 4.92 Å². The Bertz CT molecular complexity index is 527. The number of nitrogens with zero attached hydrogens (tertiary/aromatic N) is 3. The third-order valence-corrected chi connectivity index (χ3v) is 3.56.